The van der Waals surface area contributed by atoms with Crippen LogP contribution < -0.4 is 0 Å². The second-order valence-electron chi connectivity index (χ2n) is 6.58. The molecule has 126 valence electrons. The van der Waals surface area contributed by atoms with Crippen molar-refractivity contribution in [2.24, 2.45) is 0 Å². The van der Waals surface area contributed by atoms with Crippen molar-refractivity contribution in [1.82, 2.24) is 9.80 Å². The van der Waals surface area contributed by atoms with Crippen molar-refractivity contribution in [1.29, 1.82) is 0 Å². The largest absolute Gasteiger partial charge is 0.507 e. The molecule has 4 heteroatoms. The first-order valence-corrected chi connectivity index (χ1v) is 8.40. The van der Waals surface area contributed by atoms with Crippen LogP contribution in [0.25, 0.3) is 0 Å². The molecule has 0 atom stereocenters. The highest BCUT2D eigenvalue weighted by Gasteiger charge is 2.23. The number of phenols is 1. The van der Waals surface area contributed by atoms with E-state index in [9.17, 15) is 9.90 Å². The summed E-state index contributed by atoms with van der Waals surface area (Å²) < 4.78 is 0. The van der Waals surface area contributed by atoms with Gasteiger partial charge in [0, 0.05) is 32.7 Å². The molecule has 1 aliphatic heterocycles. The molecule has 1 heterocycles. The summed E-state index contributed by atoms with van der Waals surface area (Å²) in [4.78, 5) is 16.8. The maximum Gasteiger partial charge on any atom is 0.257 e. The van der Waals surface area contributed by atoms with Crippen LogP contribution in [0, 0.1) is 13.8 Å². The smallest absolute Gasteiger partial charge is 0.257 e. The quantitative estimate of drug-likeness (QED) is 0.944. The third-order valence-electron chi connectivity index (χ3n) is 4.53. The maximum absolute atomic E-state index is 12.6. The Hall–Kier alpha value is -2.33. The van der Waals surface area contributed by atoms with Crippen molar-refractivity contribution in [2.75, 3.05) is 26.2 Å². The minimum atomic E-state index is -0.0808. The first-order valence-electron chi connectivity index (χ1n) is 8.40. The molecule has 1 fully saturated rings. The molecular formula is C20H24N2O2. The standard InChI is InChI=1S/C20H24N2O2/c1-15-4-3-5-17(12-15)14-21-8-10-22(11-9-21)20(24)18-7-6-16(2)13-19(18)23/h3-7,12-13,23H,8-11,14H2,1-2H3. The van der Waals surface area contributed by atoms with Gasteiger partial charge in [0.25, 0.3) is 5.91 Å². The number of phenolic OH excluding ortho intramolecular Hbond substituents is 1. The van der Waals surface area contributed by atoms with Crippen LogP contribution in [-0.2, 0) is 6.54 Å². The Labute approximate surface area is 143 Å². The lowest BCUT2D eigenvalue weighted by molar-refractivity contribution is 0.0625. The van der Waals surface area contributed by atoms with Crippen LogP contribution in [0.2, 0.25) is 0 Å². The topological polar surface area (TPSA) is 43.8 Å². The second-order valence-corrected chi connectivity index (χ2v) is 6.58. The molecule has 4 nitrogen and oxygen atoms in total. The number of carbonyl (C=O) groups is 1. The van der Waals surface area contributed by atoms with Gasteiger partial charge in [-0.05, 0) is 37.1 Å². The summed E-state index contributed by atoms with van der Waals surface area (Å²) in [5.41, 5.74) is 3.93. The molecule has 0 unspecified atom stereocenters. The average molecular weight is 324 g/mol. The highest BCUT2D eigenvalue weighted by molar-refractivity contribution is 5.97. The monoisotopic (exact) mass is 324 g/mol. The molecule has 3 rings (SSSR count). The maximum atomic E-state index is 12.6. The lowest BCUT2D eigenvalue weighted by Gasteiger charge is -2.35. The number of carbonyl (C=O) groups excluding carboxylic acids is 1. The van der Waals surface area contributed by atoms with Crippen molar-refractivity contribution in [3.63, 3.8) is 0 Å². The molecule has 1 N–H and O–H groups in total. The zero-order valence-electron chi connectivity index (χ0n) is 14.3. The van der Waals surface area contributed by atoms with Crippen LogP contribution in [0.5, 0.6) is 5.75 Å². The molecule has 0 bridgehead atoms. The number of benzene rings is 2. The van der Waals surface area contributed by atoms with Crippen molar-refractivity contribution in [3.8, 4) is 5.75 Å². The Morgan fingerprint density at radius 2 is 1.71 bits per heavy atom. The fourth-order valence-electron chi connectivity index (χ4n) is 3.17. The zero-order chi connectivity index (χ0) is 17.1. The van der Waals surface area contributed by atoms with Gasteiger partial charge in [-0.2, -0.15) is 0 Å². The number of nitrogens with zero attached hydrogens (tertiary/aromatic N) is 2. The van der Waals surface area contributed by atoms with E-state index in [-0.39, 0.29) is 11.7 Å². The van der Waals surface area contributed by atoms with E-state index in [4.69, 9.17) is 0 Å². The molecule has 0 radical (unpaired) electrons. The van der Waals surface area contributed by atoms with Gasteiger partial charge < -0.3 is 10.0 Å². The summed E-state index contributed by atoms with van der Waals surface area (Å²) in [5, 5.41) is 10.0. The molecule has 2 aromatic rings. The molecule has 24 heavy (non-hydrogen) atoms. The Morgan fingerprint density at radius 1 is 1.00 bits per heavy atom. The van der Waals surface area contributed by atoms with E-state index < -0.39 is 0 Å². The van der Waals surface area contributed by atoms with E-state index >= 15 is 0 Å². The first kappa shape index (κ1) is 16.5. The number of piperazine rings is 1. The highest BCUT2D eigenvalue weighted by Crippen LogP contribution is 2.21. The normalized spacial score (nSPS) is 15.5. The van der Waals surface area contributed by atoms with E-state index in [1.54, 1.807) is 12.1 Å². The van der Waals surface area contributed by atoms with Gasteiger partial charge in [-0.25, -0.2) is 0 Å². The number of hydrogen-bond acceptors (Lipinski definition) is 3. The van der Waals surface area contributed by atoms with Crippen molar-refractivity contribution in [2.45, 2.75) is 20.4 Å². The van der Waals surface area contributed by atoms with Gasteiger partial charge in [-0.1, -0.05) is 35.9 Å². The highest BCUT2D eigenvalue weighted by atomic mass is 16.3. The van der Waals surface area contributed by atoms with Crippen molar-refractivity contribution in [3.05, 3.63) is 64.7 Å². The van der Waals surface area contributed by atoms with E-state index in [2.05, 4.69) is 36.1 Å². The molecule has 1 aliphatic rings. The van der Waals surface area contributed by atoms with E-state index in [1.165, 1.54) is 11.1 Å². The lowest BCUT2D eigenvalue weighted by Crippen LogP contribution is -2.48. The molecule has 1 saturated heterocycles. The third kappa shape index (κ3) is 3.77. The van der Waals surface area contributed by atoms with E-state index in [1.807, 2.05) is 17.9 Å². The van der Waals surface area contributed by atoms with Gasteiger partial charge >= 0.3 is 0 Å². The zero-order valence-corrected chi connectivity index (χ0v) is 14.3. The summed E-state index contributed by atoms with van der Waals surface area (Å²) in [6.07, 6.45) is 0. The van der Waals surface area contributed by atoms with Crippen LogP contribution in [0.1, 0.15) is 27.0 Å². The van der Waals surface area contributed by atoms with Crippen LogP contribution in [-0.4, -0.2) is 47.0 Å². The summed E-state index contributed by atoms with van der Waals surface area (Å²) in [7, 11) is 0. The number of aromatic hydroxyl groups is 1. The molecular weight excluding hydrogens is 300 g/mol. The predicted molar refractivity (Wildman–Crippen MR) is 95.2 cm³/mol. The van der Waals surface area contributed by atoms with Gasteiger partial charge in [0.1, 0.15) is 5.75 Å². The van der Waals surface area contributed by atoms with E-state index in [0.717, 1.165) is 25.2 Å². The molecule has 2 aromatic carbocycles. The number of hydrogen-bond donors (Lipinski definition) is 1. The summed E-state index contributed by atoms with van der Waals surface area (Å²) in [6.45, 7) is 8.01. The summed E-state index contributed by atoms with van der Waals surface area (Å²) in [6, 6.07) is 13.8. The van der Waals surface area contributed by atoms with Gasteiger partial charge in [-0.3, -0.25) is 9.69 Å². The van der Waals surface area contributed by atoms with Gasteiger partial charge in [0.15, 0.2) is 0 Å². The van der Waals surface area contributed by atoms with E-state index in [0.29, 0.717) is 18.7 Å². The molecule has 0 spiro atoms. The Balaban J connectivity index is 1.59. The predicted octanol–water partition coefficient (Wildman–Crippen LogP) is 2.97. The summed E-state index contributed by atoms with van der Waals surface area (Å²) in [5.74, 6) is -0.00936. The van der Waals surface area contributed by atoms with Gasteiger partial charge in [-0.15, -0.1) is 0 Å². The fourth-order valence-corrected chi connectivity index (χ4v) is 3.17. The molecule has 0 aromatic heterocycles. The number of aryl methyl sites for hydroxylation is 2. The summed E-state index contributed by atoms with van der Waals surface area (Å²) >= 11 is 0. The van der Waals surface area contributed by atoms with Crippen LogP contribution in [0.3, 0.4) is 0 Å². The Bertz CT molecular complexity index is 734. The van der Waals surface area contributed by atoms with Crippen LogP contribution in [0.4, 0.5) is 0 Å². The van der Waals surface area contributed by atoms with Crippen LogP contribution >= 0.6 is 0 Å². The van der Waals surface area contributed by atoms with Crippen molar-refractivity contribution < 1.29 is 9.90 Å². The Kier molecular flexibility index (Phi) is 4.86. The molecule has 0 aliphatic carbocycles. The number of rotatable bonds is 3. The SMILES string of the molecule is Cc1cccc(CN2CCN(C(=O)c3ccc(C)cc3O)CC2)c1. The minimum Gasteiger partial charge on any atom is -0.507 e. The molecule has 0 saturated carbocycles. The first-order chi connectivity index (χ1) is 11.5. The second kappa shape index (κ2) is 7.05. The fraction of sp³-hybridized carbons (Fsp3) is 0.350. The van der Waals surface area contributed by atoms with Crippen molar-refractivity contribution >= 4 is 5.91 Å². The Morgan fingerprint density at radius 3 is 2.38 bits per heavy atom. The minimum absolute atomic E-state index is 0.0715. The van der Waals surface area contributed by atoms with Gasteiger partial charge in [0.2, 0.25) is 0 Å². The average Bonchev–Trinajstić information content (AvgIpc) is 2.55. The molecule has 1 amide bonds. The van der Waals surface area contributed by atoms with Crippen LogP contribution in [0.15, 0.2) is 42.5 Å². The number of amides is 1. The lowest BCUT2D eigenvalue weighted by atomic mass is 10.1. The third-order valence-corrected chi connectivity index (χ3v) is 4.53. The van der Waals surface area contributed by atoms with Gasteiger partial charge in [0.05, 0.1) is 5.56 Å².